The third-order valence-corrected chi connectivity index (χ3v) is 8.33. The van der Waals surface area contributed by atoms with Gasteiger partial charge in [0.15, 0.2) is 11.6 Å². The molecule has 0 N–H and O–H groups in total. The van der Waals surface area contributed by atoms with Gasteiger partial charge in [0.25, 0.3) is 0 Å². The average molecular weight is 530 g/mol. The fraction of sp³-hybridized carbons (Fsp3) is 0.229. The minimum Gasteiger partial charge on any atom is -0.208 e. The first-order chi connectivity index (χ1) is 18.7. The summed E-state index contributed by atoms with van der Waals surface area (Å²) < 4.78 is 0. The molecule has 5 aromatic rings. The summed E-state index contributed by atoms with van der Waals surface area (Å²) in [5.41, 5.74) is 9.74. The van der Waals surface area contributed by atoms with Gasteiger partial charge in [-0.1, -0.05) is 119 Å². The highest BCUT2D eigenvalue weighted by molar-refractivity contribution is 6.28. The van der Waals surface area contributed by atoms with Gasteiger partial charge >= 0.3 is 0 Å². The zero-order valence-electron chi connectivity index (χ0n) is 22.9. The van der Waals surface area contributed by atoms with Crippen LogP contribution in [0.25, 0.3) is 45.0 Å². The highest BCUT2D eigenvalue weighted by atomic mass is 35.5. The summed E-state index contributed by atoms with van der Waals surface area (Å²) in [6.07, 6.45) is 2.40. The van der Waals surface area contributed by atoms with E-state index in [9.17, 15) is 0 Å². The molecule has 0 saturated carbocycles. The summed E-state index contributed by atoms with van der Waals surface area (Å²) in [5.74, 6) is 1.13. The van der Waals surface area contributed by atoms with E-state index in [2.05, 4.69) is 98.3 Å². The molecule has 0 fully saturated rings. The molecular formula is C35H32ClN3. The number of benzene rings is 4. The first kappa shape index (κ1) is 25.5. The van der Waals surface area contributed by atoms with Crippen LogP contribution < -0.4 is 0 Å². The van der Waals surface area contributed by atoms with Crippen LogP contribution in [-0.4, -0.2) is 15.0 Å². The van der Waals surface area contributed by atoms with Gasteiger partial charge in [0, 0.05) is 11.1 Å². The Kier molecular flexibility index (Phi) is 6.35. The molecule has 3 nitrogen and oxygen atoms in total. The molecule has 1 aliphatic carbocycles. The molecule has 1 aliphatic rings. The van der Waals surface area contributed by atoms with Crippen molar-refractivity contribution in [2.24, 2.45) is 0 Å². The molecule has 4 heteroatoms. The van der Waals surface area contributed by atoms with Crippen LogP contribution in [0.2, 0.25) is 5.28 Å². The molecule has 0 unspecified atom stereocenters. The number of rotatable bonds is 4. The van der Waals surface area contributed by atoms with E-state index in [4.69, 9.17) is 16.6 Å². The molecule has 0 bridgehead atoms. The van der Waals surface area contributed by atoms with Crippen molar-refractivity contribution in [3.05, 3.63) is 113 Å². The Hall–Kier alpha value is -3.82. The van der Waals surface area contributed by atoms with Gasteiger partial charge in [0.1, 0.15) is 0 Å². The smallest absolute Gasteiger partial charge is 0.208 e. The second-order valence-electron chi connectivity index (χ2n) is 11.8. The quantitative estimate of drug-likeness (QED) is 0.232. The highest BCUT2D eigenvalue weighted by Crippen LogP contribution is 2.47. The molecule has 194 valence electrons. The zero-order valence-corrected chi connectivity index (χ0v) is 23.6. The lowest BCUT2D eigenvalue weighted by atomic mass is 9.63. The molecule has 0 saturated heterocycles. The van der Waals surface area contributed by atoms with Crippen LogP contribution in [0.4, 0.5) is 0 Å². The topological polar surface area (TPSA) is 38.7 Å². The van der Waals surface area contributed by atoms with Crippen LogP contribution in [0.1, 0.15) is 51.7 Å². The van der Waals surface area contributed by atoms with Gasteiger partial charge < -0.3 is 0 Å². The molecule has 0 aliphatic heterocycles. The molecule has 6 rings (SSSR count). The zero-order chi connectivity index (χ0) is 27.2. The predicted octanol–water partition coefficient (Wildman–Crippen LogP) is 9.54. The number of hydrogen-bond acceptors (Lipinski definition) is 3. The van der Waals surface area contributed by atoms with E-state index in [0.29, 0.717) is 11.6 Å². The molecule has 1 aromatic heterocycles. The average Bonchev–Trinajstić information content (AvgIpc) is 2.96. The summed E-state index contributed by atoms with van der Waals surface area (Å²) in [4.78, 5) is 13.7. The normalized spacial score (nSPS) is 15.5. The molecule has 1 heterocycles. The highest BCUT2D eigenvalue weighted by Gasteiger charge is 2.37. The Morgan fingerprint density at radius 1 is 0.487 bits per heavy atom. The van der Waals surface area contributed by atoms with Crippen LogP contribution in [0.15, 0.2) is 97.1 Å². The van der Waals surface area contributed by atoms with Gasteiger partial charge in [-0.25, -0.2) is 4.98 Å². The van der Waals surface area contributed by atoms with E-state index < -0.39 is 0 Å². The van der Waals surface area contributed by atoms with Crippen LogP contribution in [0.5, 0.6) is 0 Å². The molecule has 0 atom stereocenters. The SMILES string of the molecule is CC1(C)CCC(C)(C)c2cc(-c3cccc(-c4nc(Cl)nc(-c5ccc(-c6ccccc6)cc5)n4)c3)ccc21. The van der Waals surface area contributed by atoms with Crippen LogP contribution >= 0.6 is 11.6 Å². The van der Waals surface area contributed by atoms with Crippen molar-refractivity contribution in [1.82, 2.24) is 15.0 Å². The Morgan fingerprint density at radius 2 is 1.00 bits per heavy atom. The Bertz CT molecular complexity index is 1650. The number of fused-ring (bicyclic) bond motifs is 1. The van der Waals surface area contributed by atoms with Gasteiger partial charge in [0.2, 0.25) is 5.28 Å². The molecule has 39 heavy (non-hydrogen) atoms. The number of hydrogen-bond donors (Lipinski definition) is 0. The maximum Gasteiger partial charge on any atom is 0.226 e. The van der Waals surface area contributed by atoms with E-state index in [0.717, 1.165) is 22.3 Å². The van der Waals surface area contributed by atoms with Crippen molar-refractivity contribution in [3.63, 3.8) is 0 Å². The van der Waals surface area contributed by atoms with E-state index >= 15 is 0 Å². The minimum absolute atomic E-state index is 0.158. The third-order valence-electron chi connectivity index (χ3n) is 8.17. The Morgan fingerprint density at radius 3 is 1.72 bits per heavy atom. The Labute approximate surface area is 236 Å². The van der Waals surface area contributed by atoms with E-state index in [1.807, 2.05) is 36.4 Å². The van der Waals surface area contributed by atoms with Crippen LogP contribution in [-0.2, 0) is 10.8 Å². The maximum absolute atomic E-state index is 6.41. The monoisotopic (exact) mass is 529 g/mol. The molecule has 0 amide bonds. The lowest BCUT2D eigenvalue weighted by Gasteiger charge is -2.42. The summed E-state index contributed by atoms with van der Waals surface area (Å²) in [7, 11) is 0. The van der Waals surface area contributed by atoms with Crippen molar-refractivity contribution in [1.29, 1.82) is 0 Å². The van der Waals surface area contributed by atoms with Gasteiger partial charge in [-0.2, -0.15) is 9.97 Å². The number of aromatic nitrogens is 3. The molecule has 0 spiro atoms. The second-order valence-corrected chi connectivity index (χ2v) is 12.1. The maximum atomic E-state index is 6.41. The number of nitrogens with zero attached hydrogens (tertiary/aromatic N) is 3. The minimum atomic E-state index is 0.158. The first-order valence-corrected chi connectivity index (χ1v) is 13.9. The fourth-order valence-electron chi connectivity index (χ4n) is 5.66. The van der Waals surface area contributed by atoms with Crippen LogP contribution in [0.3, 0.4) is 0 Å². The van der Waals surface area contributed by atoms with Crippen LogP contribution in [0, 0.1) is 0 Å². The van der Waals surface area contributed by atoms with Gasteiger partial charge in [-0.15, -0.1) is 0 Å². The summed E-state index contributed by atoms with van der Waals surface area (Å²) in [6.45, 7) is 9.45. The van der Waals surface area contributed by atoms with E-state index in [-0.39, 0.29) is 16.1 Å². The standard InChI is InChI=1S/C35H32ClN3/c1-34(2)19-20-35(3,4)30-22-27(17-18-29(30)34)26-11-8-12-28(21-26)32-37-31(38-33(36)39-32)25-15-13-24(14-16-25)23-9-6-5-7-10-23/h5-18,21-22H,19-20H2,1-4H3. The molecule has 4 aromatic carbocycles. The van der Waals surface area contributed by atoms with Crippen molar-refractivity contribution in [2.75, 3.05) is 0 Å². The largest absolute Gasteiger partial charge is 0.226 e. The van der Waals surface area contributed by atoms with E-state index in [1.54, 1.807) is 0 Å². The van der Waals surface area contributed by atoms with E-state index in [1.165, 1.54) is 35.1 Å². The fourth-order valence-corrected chi connectivity index (χ4v) is 5.82. The van der Waals surface area contributed by atoms with Crippen molar-refractivity contribution in [3.8, 4) is 45.0 Å². The lowest BCUT2D eigenvalue weighted by molar-refractivity contribution is 0.332. The Balaban J connectivity index is 1.35. The number of halogens is 1. The second kappa shape index (κ2) is 9.73. The predicted molar refractivity (Wildman–Crippen MR) is 162 cm³/mol. The molecule has 0 radical (unpaired) electrons. The summed E-state index contributed by atoms with van der Waals surface area (Å²) in [5, 5.41) is 0.185. The first-order valence-electron chi connectivity index (χ1n) is 13.5. The van der Waals surface area contributed by atoms with Crippen molar-refractivity contribution in [2.45, 2.75) is 51.4 Å². The summed E-state index contributed by atoms with van der Waals surface area (Å²) >= 11 is 6.41. The third kappa shape index (κ3) is 4.99. The van der Waals surface area contributed by atoms with Crippen molar-refractivity contribution < 1.29 is 0 Å². The summed E-state index contributed by atoms with van der Waals surface area (Å²) in [6, 6.07) is 33.9. The lowest BCUT2D eigenvalue weighted by Crippen LogP contribution is -2.33. The van der Waals surface area contributed by atoms with Gasteiger partial charge in [-0.05, 0) is 74.7 Å². The van der Waals surface area contributed by atoms with Gasteiger partial charge in [0.05, 0.1) is 0 Å². The van der Waals surface area contributed by atoms with Gasteiger partial charge in [-0.3, -0.25) is 0 Å². The molecular weight excluding hydrogens is 498 g/mol. The van der Waals surface area contributed by atoms with Crippen molar-refractivity contribution >= 4 is 11.6 Å².